The highest BCUT2D eigenvalue weighted by Crippen LogP contribution is 2.38. The molecule has 0 aliphatic carbocycles. The van der Waals surface area contributed by atoms with Gasteiger partial charge >= 0.3 is 6.72 Å². The van der Waals surface area contributed by atoms with Gasteiger partial charge in [-0.2, -0.15) is 0 Å². The lowest BCUT2D eigenvalue weighted by molar-refractivity contribution is 0.0609. The van der Waals surface area contributed by atoms with E-state index >= 15 is 0 Å². The number of imidazole rings is 1. The molecule has 9 nitrogen and oxygen atoms in total. The molecule has 1 aliphatic rings. The molecule has 1 unspecified atom stereocenters. The molecule has 2 aromatic rings. The molecule has 0 saturated carbocycles. The van der Waals surface area contributed by atoms with Crippen LogP contribution < -0.4 is 5.73 Å². The summed E-state index contributed by atoms with van der Waals surface area (Å²) < 4.78 is 12.3. The monoisotopic (exact) mass is 331 g/mol. The van der Waals surface area contributed by atoms with Crippen LogP contribution in [0.4, 0.5) is 5.82 Å². The summed E-state index contributed by atoms with van der Waals surface area (Å²) in [6, 6.07) is 0.0214. The van der Waals surface area contributed by atoms with E-state index in [9.17, 15) is 0 Å². The Balaban J connectivity index is 1.73. The summed E-state index contributed by atoms with van der Waals surface area (Å²) in [6.07, 6.45) is 3.41. The van der Waals surface area contributed by atoms with E-state index in [-0.39, 0.29) is 18.8 Å². The maximum atomic E-state index is 9.06. The lowest BCUT2D eigenvalue weighted by Gasteiger charge is -2.13. The second kappa shape index (κ2) is 5.56. The van der Waals surface area contributed by atoms with Crippen molar-refractivity contribution in [3.8, 4) is 0 Å². The van der Waals surface area contributed by atoms with Gasteiger partial charge in [0, 0.05) is 0 Å². The molecule has 3 rings (SSSR count). The van der Waals surface area contributed by atoms with Gasteiger partial charge in [-0.25, -0.2) is 15.0 Å². The van der Waals surface area contributed by atoms with Gasteiger partial charge in [0.1, 0.15) is 11.8 Å². The molecule has 0 spiro atoms. The van der Waals surface area contributed by atoms with Crippen LogP contribution in [0.25, 0.3) is 11.2 Å². The molecule has 11 heteroatoms. The van der Waals surface area contributed by atoms with Gasteiger partial charge in [0.25, 0.3) is 0 Å². The second-order valence-corrected chi connectivity index (χ2v) is 7.38. The zero-order valence-corrected chi connectivity index (χ0v) is 12.6. The fraction of sp³-hybridized carbons (Fsp3) is 0.500. The minimum absolute atomic E-state index is 0.0214. The second-order valence-electron chi connectivity index (χ2n) is 4.71. The van der Waals surface area contributed by atoms with E-state index in [0.29, 0.717) is 30.0 Å². The van der Waals surface area contributed by atoms with Crippen molar-refractivity contribution in [2.45, 2.75) is 18.6 Å². The molecule has 3 heterocycles. The Morgan fingerprint density at radius 1 is 1.48 bits per heavy atom. The van der Waals surface area contributed by atoms with Crippen LogP contribution in [0, 0.1) is 0 Å². The van der Waals surface area contributed by atoms with Crippen LogP contribution in [-0.4, -0.2) is 48.6 Å². The Morgan fingerprint density at radius 2 is 2.29 bits per heavy atom. The number of aromatic nitrogens is 4. The number of ether oxygens (including phenoxy) is 1. The van der Waals surface area contributed by atoms with Crippen LogP contribution in [0.1, 0.15) is 12.5 Å². The minimum Gasteiger partial charge on any atom is -0.382 e. The van der Waals surface area contributed by atoms with E-state index in [0.717, 1.165) is 0 Å². The fourth-order valence-corrected chi connectivity index (χ4v) is 2.86. The van der Waals surface area contributed by atoms with E-state index in [1.165, 1.54) is 6.33 Å². The first-order valence-electron chi connectivity index (χ1n) is 6.19. The van der Waals surface area contributed by atoms with Gasteiger partial charge in [-0.1, -0.05) is 0 Å². The van der Waals surface area contributed by atoms with Crippen LogP contribution >= 0.6 is 6.72 Å². The zero-order valence-electron chi connectivity index (χ0n) is 10.9. The fourth-order valence-electron chi connectivity index (χ4n) is 2.31. The first kappa shape index (κ1) is 14.8. The van der Waals surface area contributed by atoms with Crippen molar-refractivity contribution < 1.29 is 19.0 Å². The van der Waals surface area contributed by atoms with Crippen LogP contribution in [0.15, 0.2) is 12.7 Å². The van der Waals surface area contributed by atoms with E-state index in [2.05, 4.69) is 26.8 Å². The lowest BCUT2D eigenvalue weighted by Crippen LogP contribution is -2.14. The van der Waals surface area contributed by atoms with Crippen LogP contribution in [0.5, 0.6) is 0 Å². The quantitative estimate of drug-likeness (QED) is 0.661. The average Bonchev–Trinajstić information content (AvgIpc) is 3.02. The lowest BCUT2D eigenvalue weighted by atomic mass is 10.2. The predicted octanol–water partition coefficient (Wildman–Crippen LogP) is -0.0358. The average molecular weight is 331 g/mol. The van der Waals surface area contributed by atoms with Crippen LogP contribution in [0.2, 0.25) is 0 Å². The first-order chi connectivity index (χ1) is 9.94. The third-order valence-corrected chi connectivity index (χ3v) is 4.07. The number of fused-ring (bicyclic) bond motifs is 1. The number of nitrogen functional groups attached to an aromatic ring is 1. The van der Waals surface area contributed by atoms with Crippen LogP contribution in [-0.2, 0) is 21.1 Å². The van der Waals surface area contributed by atoms with Gasteiger partial charge in [-0.3, -0.25) is 0 Å². The largest absolute Gasteiger partial charge is 0.382 e. The van der Waals surface area contributed by atoms with Gasteiger partial charge in [0.15, 0.2) is 11.5 Å². The Hall–Kier alpha value is -1.16. The molecule has 4 N–H and O–H groups in total. The Morgan fingerprint density at radius 3 is 3.05 bits per heavy atom. The molecule has 0 radical (unpaired) electrons. The third kappa shape index (κ3) is 3.20. The smallest absolute Gasteiger partial charge is 0.321 e. The summed E-state index contributed by atoms with van der Waals surface area (Å²) in [5.41, 5.74) is 6.95. The van der Waals surface area contributed by atoms with Gasteiger partial charge < -0.3 is 29.3 Å². The molecule has 2 atom stereocenters. The maximum absolute atomic E-state index is 9.06. The molecule has 0 amide bonds. The normalized spacial score (nSPS) is 23.0. The van der Waals surface area contributed by atoms with Gasteiger partial charge in [0.2, 0.25) is 0 Å². The number of anilines is 1. The van der Waals surface area contributed by atoms with Crippen molar-refractivity contribution in [2.75, 3.05) is 18.9 Å². The Labute approximate surface area is 125 Å². The number of hydrogen-bond donors (Lipinski definition) is 3. The molecule has 1 saturated heterocycles. The summed E-state index contributed by atoms with van der Waals surface area (Å²) in [6.45, 7) is -3.15. The van der Waals surface area contributed by atoms with Crippen molar-refractivity contribution in [1.82, 2.24) is 19.5 Å². The van der Waals surface area contributed by atoms with E-state index in [1.54, 1.807) is 6.33 Å². The highest BCUT2D eigenvalue weighted by Gasteiger charge is 2.29. The SMILES string of the molecule is Nc1ncnc2c1ncn2C1CO[C@H](COP(O)(O)=S)C1. The standard InChI is InChI=1S/C10H14N5O4PS/c11-9-8-10(13-4-12-9)15(5-14-8)6-1-7(18-2-6)3-19-20(16,17)21/h4-7H,1-3H2,(H2,11,12,13)(H2,16,17,21)/t6?,7-/m0/s1. The predicted molar refractivity (Wildman–Crippen MR) is 77.8 cm³/mol. The van der Waals surface area contributed by atoms with E-state index < -0.39 is 6.72 Å². The highest BCUT2D eigenvalue weighted by molar-refractivity contribution is 8.06. The van der Waals surface area contributed by atoms with Gasteiger partial charge in [-0.15, -0.1) is 0 Å². The van der Waals surface area contributed by atoms with Crippen molar-refractivity contribution in [1.29, 1.82) is 0 Å². The molecule has 2 aromatic heterocycles. The topological polar surface area (TPSA) is 129 Å². The van der Waals surface area contributed by atoms with E-state index in [4.69, 9.17) is 24.8 Å². The summed E-state index contributed by atoms with van der Waals surface area (Å²) in [7, 11) is 0. The summed E-state index contributed by atoms with van der Waals surface area (Å²) in [5.74, 6) is 0.332. The minimum atomic E-state index is -3.65. The van der Waals surface area contributed by atoms with E-state index in [1.807, 2.05) is 4.57 Å². The van der Waals surface area contributed by atoms with Crippen molar-refractivity contribution in [3.05, 3.63) is 12.7 Å². The van der Waals surface area contributed by atoms with Gasteiger partial charge in [0.05, 0.1) is 31.7 Å². The highest BCUT2D eigenvalue weighted by atomic mass is 32.5. The Bertz CT molecular complexity index is 704. The molecule has 0 bridgehead atoms. The first-order valence-corrected chi connectivity index (χ1v) is 8.81. The Kier molecular flexibility index (Phi) is 3.91. The zero-order chi connectivity index (χ0) is 15.0. The summed E-state index contributed by atoms with van der Waals surface area (Å²) >= 11 is 4.40. The van der Waals surface area contributed by atoms with Crippen molar-refractivity contribution in [3.63, 3.8) is 0 Å². The van der Waals surface area contributed by atoms with Gasteiger partial charge in [-0.05, 0) is 18.2 Å². The molecule has 1 aliphatic heterocycles. The number of nitrogens with two attached hydrogens (primary N) is 1. The van der Waals surface area contributed by atoms with Crippen molar-refractivity contribution in [2.24, 2.45) is 0 Å². The number of nitrogens with zero attached hydrogens (tertiary/aromatic N) is 4. The molecule has 21 heavy (non-hydrogen) atoms. The molecule has 0 aromatic carbocycles. The number of rotatable bonds is 4. The maximum Gasteiger partial charge on any atom is 0.321 e. The molecule has 114 valence electrons. The third-order valence-electron chi connectivity index (χ3n) is 3.27. The number of hydrogen-bond acceptors (Lipinski definition) is 7. The molecular formula is C10H14N5O4PS. The van der Waals surface area contributed by atoms with Crippen LogP contribution in [0.3, 0.4) is 0 Å². The summed E-state index contributed by atoms with van der Waals surface area (Å²) in [4.78, 5) is 30.4. The molecule has 1 fully saturated rings. The van der Waals surface area contributed by atoms with Crippen molar-refractivity contribution >= 4 is 35.5 Å². The summed E-state index contributed by atoms with van der Waals surface area (Å²) in [5, 5.41) is 0. The molecular weight excluding hydrogens is 317 g/mol.